The van der Waals surface area contributed by atoms with Crippen molar-refractivity contribution in [3.8, 4) is 0 Å². The molecule has 0 fully saturated rings. The van der Waals surface area contributed by atoms with Crippen LogP contribution >= 0.6 is 0 Å². The van der Waals surface area contributed by atoms with E-state index < -0.39 is 54.5 Å². The number of hydrogen-bond donors (Lipinski definition) is 3. The average Bonchev–Trinajstić information content (AvgIpc) is 3.40. The highest BCUT2D eigenvalue weighted by atomic mass is 19.1. The molecule has 49 heavy (non-hydrogen) atoms. The van der Waals surface area contributed by atoms with Gasteiger partial charge in [-0.15, -0.1) is 0 Å². The standard InChI is InChI=1S/C34H38F3N5O7/c1-39(2)30(43)10-6-5-9-29(49-33(46)40(3)4)31(44)38-27-8-7-15-41(32(27)45)19-25-17-22-16-23(35)13-14-28(22)42(25)34(47)48-20-21-11-12-24(36)18-26(21)37/h6-8,10-18,29,33-34,46-47H,5,9,19-20H2,1-4H3,(H,38,44)/b10-6+/t29-,33?,34?/m0/s1. The highest BCUT2D eigenvalue weighted by molar-refractivity contribution is 5.94. The molecular weight excluding hydrogens is 647 g/mol. The topological polar surface area (TPSA) is 139 Å². The molecule has 0 spiro atoms. The van der Waals surface area contributed by atoms with Crippen LogP contribution in [0.3, 0.4) is 0 Å². The molecule has 4 aromatic rings. The number of rotatable bonds is 15. The van der Waals surface area contributed by atoms with Gasteiger partial charge in [0.05, 0.1) is 18.7 Å². The molecule has 2 heterocycles. The molecule has 0 saturated carbocycles. The molecule has 0 bridgehead atoms. The van der Waals surface area contributed by atoms with E-state index in [-0.39, 0.29) is 36.5 Å². The number of hydrogen-bond acceptors (Lipinski definition) is 8. The molecule has 2 amide bonds. The molecule has 0 saturated heterocycles. The van der Waals surface area contributed by atoms with Crippen molar-refractivity contribution in [2.75, 3.05) is 33.5 Å². The summed E-state index contributed by atoms with van der Waals surface area (Å²) in [6.07, 6.45) is 0.329. The Morgan fingerprint density at radius 1 is 1.00 bits per heavy atom. The average molecular weight is 686 g/mol. The van der Waals surface area contributed by atoms with Crippen LogP contribution in [0.1, 0.15) is 30.5 Å². The predicted molar refractivity (Wildman–Crippen MR) is 174 cm³/mol. The van der Waals surface area contributed by atoms with Crippen LogP contribution < -0.4 is 10.9 Å². The second kappa shape index (κ2) is 16.5. The molecule has 4 rings (SSSR count). The maximum absolute atomic E-state index is 14.2. The van der Waals surface area contributed by atoms with Gasteiger partial charge in [0.25, 0.3) is 11.5 Å². The molecular formula is C34H38F3N5O7. The lowest BCUT2D eigenvalue weighted by Gasteiger charge is -2.24. The third kappa shape index (κ3) is 9.64. The second-order valence-corrected chi connectivity index (χ2v) is 11.6. The lowest BCUT2D eigenvalue weighted by Crippen LogP contribution is -2.40. The summed E-state index contributed by atoms with van der Waals surface area (Å²) in [7, 11) is 6.28. The number of aromatic nitrogens is 2. The Morgan fingerprint density at radius 2 is 1.71 bits per heavy atom. The molecule has 12 nitrogen and oxygen atoms in total. The van der Waals surface area contributed by atoms with E-state index in [0.717, 1.165) is 6.07 Å². The van der Waals surface area contributed by atoms with E-state index in [1.54, 1.807) is 40.3 Å². The first-order chi connectivity index (χ1) is 23.2. The molecule has 15 heteroatoms. The van der Waals surface area contributed by atoms with Gasteiger partial charge in [0.1, 0.15) is 29.2 Å². The van der Waals surface area contributed by atoms with E-state index in [1.807, 2.05) is 0 Å². The number of amides is 2. The number of carbonyl (C=O) groups is 2. The predicted octanol–water partition coefficient (Wildman–Crippen LogP) is 3.52. The van der Waals surface area contributed by atoms with Crippen LogP contribution in [-0.4, -0.2) is 81.7 Å². The summed E-state index contributed by atoms with van der Waals surface area (Å²) in [4.78, 5) is 41.4. The number of carbonyl (C=O) groups excluding carboxylic acids is 2. The fourth-order valence-electron chi connectivity index (χ4n) is 4.78. The minimum absolute atomic E-state index is 0.0115. The Morgan fingerprint density at radius 3 is 2.41 bits per heavy atom. The zero-order valence-electron chi connectivity index (χ0n) is 27.3. The minimum Gasteiger partial charge on any atom is -0.356 e. The zero-order chi connectivity index (χ0) is 35.8. The lowest BCUT2D eigenvalue weighted by atomic mass is 10.1. The monoisotopic (exact) mass is 685 g/mol. The van der Waals surface area contributed by atoms with Crippen LogP contribution in [0.4, 0.5) is 18.9 Å². The van der Waals surface area contributed by atoms with Crippen molar-refractivity contribution in [1.82, 2.24) is 18.9 Å². The van der Waals surface area contributed by atoms with Crippen LogP contribution in [0.15, 0.2) is 77.7 Å². The highest BCUT2D eigenvalue weighted by Crippen LogP contribution is 2.26. The lowest BCUT2D eigenvalue weighted by molar-refractivity contribution is -0.204. The maximum atomic E-state index is 14.2. The summed E-state index contributed by atoms with van der Waals surface area (Å²) in [5, 5.41) is 24.2. The van der Waals surface area contributed by atoms with Crippen molar-refractivity contribution in [2.45, 2.75) is 44.9 Å². The smallest absolute Gasteiger partial charge is 0.274 e. The molecule has 2 unspecified atom stereocenters. The zero-order valence-corrected chi connectivity index (χ0v) is 27.3. The summed E-state index contributed by atoms with van der Waals surface area (Å²) in [6.45, 7) is -0.600. The largest absolute Gasteiger partial charge is 0.356 e. The Kier molecular flexibility index (Phi) is 12.5. The van der Waals surface area contributed by atoms with Gasteiger partial charge < -0.3 is 34.5 Å². The first-order valence-corrected chi connectivity index (χ1v) is 15.2. The van der Waals surface area contributed by atoms with Gasteiger partial charge in [0.2, 0.25) is 18.7 Å². The van der Waals surface area contributed by atoms with Crippen LogP contribution in [0, 0.1) is 17.5 Å². The van der Waals surface area contributed by atoms with Gasteiger partial charge in [-0.05, 0) is 75.5 Å². The summed E-state index contributed by atoms with van der Waals surface area (Å²) in [6, 6.07) is 11.2. The van der Waals surface area contributed by atoms with Gasteiger partial charge in [-0.3, -0.25) is 23.9 Å². The second-order valence-electron chi connectivity index (χ2n) is 11.6. The molecule has 2 aromatic carbocycles. The van der Waals surface area contributed by atoms with Crippen LogP contribution in [-0.2, 0) is 32.2 Å². The summed E-state index contributed by atoms with van der Waals surface area (Å²) in [5.41, 5.74) is -0.112. The van der Waals surface area contributed by atoms with E-state index in [9.17, 15) is 37.8 Å². The number of ether oxygens (including phenoxy) is 2. The number of aliphatic hydroxyl groups excluding tert-OH is 2. The first kappa shape index (κ1) is 37.0. The SMILES string of the molecule is CN(C)C(=O)/C=C/CC[C@H](OC(O)N(C)C)C(=O)Nc1cccn(Cc2cc3cc(F)ccc3n2C(O)OCc2ccc(F)cc2F)c1=O. The van der Waals surface area contributed by atoms with Crippen LogP contribution in [0.25, 0.3) is 10.9 Å². The highest BCUT2D eigenvalue weighted by Gasteiger charge is 2.25. The molecule has 2 aromatic heterocycles. The van der Waals surface area contributed by atoms with Crippen molar-refractivity contribution in [1.29, 1.82) is 0 Å². The van der Waals surface area contributed by atoms with Gasteiger partial charge in [-0.1, -0.05) is 12.1 Å². The molecule has 0 aliphatic heterocycles. The molecule has 3 N–H and O–H groups in total. The Bertz CT molecular complexity index is 1870. The number of likely N-dealkylation sites (N-methyl/N-ethyl adjacent to an activating group) is 1. The number of nitrogens with zero attached hydrogens (tertiary/aromatic N) is 4. The number of halogens is 3. The fourth-order valence-corrected chi connectivity index (χ4v) is 4.78. The van der Waals surface area contributed by atoms with E-state index >= 15 is 0 Å². The van der Waals surface area contributed by atoms with Crippen molar-refractivity contribution in [3.63, 3.8) is 0 Å². The number of anilines is 1. The van der Waals surface area contributed by atoms with Gasteiger partial charge >= 0.3 is 0 Å². The summed E-state index contributed by atoms with van der Waals surface area (Å²) in [5.74, 6) is -3.14. The fraction of sp³-hybridized carbons (Fsp3) is 0.324. The van der Waals surface area contributed by atoms with Crippen molar-refractivity contribution in [2.24, 2.45) is 0 Å². The number of nitrogens with one attached hydrogen (secondary N) is 1. The third-order valence-corrected chi connectivity index (χ3v) is 7.43. The number of allylic oxidation sites excluding steroid dienone is 1. The number of fused-ring (bicyclic) bond motifs is 1. The van der Waals surface area contributed by atoms with Crippen LogP contribution in [0.5, 0.6) is 0 Å². The van der Waals surface area contributed by atoms with Gasteiger partial charge in [0, 0.05) is 43.0 Å². The number of benzene rings is 2. The van der Waals surface area contributed by atoms with Gasteiger partial charge in [0.15, 0.2) is 0 Å². The van der Waals surface area contributed by atoms with Gasteiger partial charge in [-0.25, -0.2) is 13.2 Å². The van der Waals surface area contributed by atoms with E-state index in [1.165, 1.54) is 67.6 Å². The first-order valence-electron chi connectivity index (χ1n) is 15.2. The van der Waals surface area contributed by atoms with E-state index in [2.05, 4.69) is 5.32 Å². The normalized spacial score (nSPS) is 13.6. The molecule has 0 aliphatic rings. The number of aliphatic hydroxyl groups is 2. The number of pyridine rings is 1. The van der Waals surface area contributed by atoms with Crippen LogP contribution in [0.2, 0.25) is 0 Å². The van der Waals surface area contributed by atoms with Crippen molar-refractivity contribution in [3.05, 3.63) is 112 Å². The molecule has 0 radical (unpaired) electrons. The summed E-state index contributed by atoms with van der Waals surface area (Å²) < 4.78 is 55.3. The molecule has 262 valence electrons. The Labute approximate surface area is 280 Å². The minimum atomic E-state index is -1.72. The summed E-state index contributed by atoms with van der Waals surface area (Å²) >= 11 is 0. The van der Waals surface area contributed by atoms with Crippen molar-refractivity contribution >= 4 is 28.4 Å². The quantitative estimate of drug-likeness (QED) is 0.128. The van der Waals surface area contributed by atoms with Gasteiger partial charge in [-0.2, -0.15) is 0 Å². The third-order valence-electron chi connectivity index (χ3n) is 7.43. The molecule has 3 atom stereocenters. The van der Waals surface area contributed by atoms with E-state index in [0.29, 0.717) is 22.7 Å². The van der Waals surface area contributed by atoms with Crippen molar-refractivity contribution < 1.29 is 42.4 Å². The Balaban J connectivity index is 1.57. The maximum Gasteiger partial charge on any atom is 0.274 e. The molecule has 0 aliphatic carbocycles. The Hall–Kier alpha value is -4.80. The van der Waals surface area contributed by atoms with E-state index in [4.69, 9.17) is 9.47 Å².